The first-order valence-corrected chi connectivity index (χ1v) is 7.68. The molecule has 1 atom stereocenters. The molecule has 0 unspecified atom stereocenters. The van der Waals surface area contributed by atoms with E-state index in [1.807, 2.05) is 60.7 Å². The average Bonchev–Trinajstić information content (AvgIpc) is 2.98. The highest BCUT2D eigenvalue weighted by Crippen LogP contribution is 2.34. The van der Waals surface area contributed by atoms with Gasteiger partial charge in [0.15, 0.2) is 0 Å². The van der Waals surface area contributed by atoms with Crippen LogP contribution in [0.15, 0.2) is 60.7 Å². The van der Waals surface area contributed by atoms with Crippen molar-refractivity contribution in [2.45, 2.75) is 12.5 Å². The van der Waals surface area contributed by atoms with E-state index >= 15 is 0 Å². The first-order chi connectivity index (χ1) is 11.2. The molecule has 0 bridgehead atoms. The Morgan fingerprint density at radius 1 is 1.04 bits per heavy atom. The highest BCUT2D eigenvalue weighted by molar-refractivity contribution is 5.87. The Bertz CT molecular complexity index is 645. The molecule has 2 aromatic rings. The minimum Gasteiger partial charge on any atom is -0.469 e. The summed E-state index contributed by atoms with van der Waals surface area (Å²) < 4.78 is 4.80. The van der Waals surface area contributed by atoms with E-state index in [2.05, 4.69) is 0 Å². The molecule has 1 aliphatic rings. The number of hydrogen-bond donors (Lipinski definition) is 0. The number of methoxy groups -OCH3 is 1. The Kier molecular flexibility index (Phi) is 4.42. The highest BCUT2D eigenvalue weighted by atomic mass is 16.5. The lowest BCUT2D eigenvalue weighted by atomic mass is 9.97. The van der Waals surface area contributed by atoms with E-state index in [-0.39, 0.29) is 30.3 Å². The normalized spacial score (nSPS) is 17.6. The summed E-state index contributed by atoms with van der Waals surface area (Å²) in [6.45, 7) is 0.389. The third kappa shape index (κ3) is 3.11. The zero-order chi connectivity index (χ0) is 16.2. The number of rotatable bonds is 4. The summed E-state index contributed by atoms with van der Waals surface area (Å²) >= 11 is 0. The quantitative estimate of drug-likeness (QED) is 0.816. The highest BCUT2D eigenvalue weighted by Gasteiger charge is 2.39. The van der Waals surface area contributed by atoms with E-state index in [0.29, 0.717) is 6.54 Å². The van der Waals surface area contributed by atoms with Crippen LogP contribution in [-0.2, 0) is 14.3 Å². The molecule has 4 nitrogen and oxygen atoms in total. The largest absolute Gasteiger partial charge is 0.469 e. The third-order valence-electron chi connectivity index (χ3n) is 4.24. The van der Waals surface area contributed by atoms with Crippen LogP contribution in [0.3, 0.4) is 0 Å². The first kappa shape index (κ1) is 15.3. The van der Waals surface area contributed by atoms with Gasteiger partial charge in [-0.05, 0) is 11.1 Å². The maximum atomic E-state index is 12.5. The Labute approximate surface area is 135 Å². The number of amides is 1. The van der Waals surface area contributed by atoms with Crippen molar-refractivity contribution in [3.8, 4) is 0 Å². The fraction of sp³-hybridized carbons (Fsp3) is 0.263. The fourth-order valence-electron chi connectivity index (χ4n) is 3.13. The van der Waals surface area contributed by atoms with Crippen LogP contribution in [0, 0.1) is 5.92 Å². The van der Waals surface area contributed by atoms with E-state index in [0.717, 1.165) is 11.1 Å². The zero-order valence-electron chi connectivity index (χ0n) is 13.0. The topological polar surface area (TPSA) is 46.6 Å². The molecule has 0 aromatic heterocycles. The summed E-state index contributed by atoms with van der Waals surface area (Å²) in [5, 5.41) is 0. The van der Waals surface area contributed by atoms with E-state index in [9.17, 15) is 9.59 Å². The number of esters is 1. The monoisotopic (exact) mass is 309 g/mol. The number of nitrogens with zero attached hydrogens (tertiary/aromatic N) is 1. The van der Waals surface area contributed by atoms with Gasteiger partial charge in [-0.15, -0.1) is 0 Å². The van der Waals surface area contributed by atoms with Crippen molar-refractivity contribution in [1.29, 1.82) is 0 Å². The Balaban J connectivity index is 1.97. The second-order valence-corrected chi connectivity index (χ2v) is 5.69. The lowest BCUT2D eigenvalue weighted by Crippen LogP contribution is -2.32. The summed E-state index contributed by atoms with van der Waals surface area (Å²) in [5.41, 5.74) is 2.08. The zero-order valence-corrected chi connectivity index (χ0v) is 13.0. The lowest BCUT2D eigenvalue weighted by molar-refractivity contribution is -0.145. The van der Waals surface area contributed by atoms with E-state index < -0.39 is 0 Å². The van der Waals surface area contributed by atoms with Crippen LogP contribution in [0.25, 0.3) is 0 Å². The second kappa shape index (κ2) is 6.65. The molecular formula is C19H19NO3. The molecule has 1 aliphatic heterocycles. The van der Waals surface area contributed by atoms with E-state index in [1.54, 1.807) is 4.90 Å². The summed E-state index contributed by atoms with van der Waals surface area (Å²) in [6, 6.07) is 19.6. The van der Waals surface area contributed by atoms with Gasteiger partial charge in [0.25, 0.3) is 0 Å². The minimum absolute atomic E-state index is 0.0156. The van der Waals surface area contributed by atoms with Crippen molar-refractivity contribution in [3.05, 3.63) is 71.8 Å². The molecule has 0 spiro atoms. The van der Waals surface area contributed by atoms with E-state index in [1.165, 1.54) is 7.11 Å². The van der Waals surface area contributed by atoms with Gasteiger partial charge in [0, 0.05) is 13.0 Å². The fourth-order valence-corrected chi connectivity index (χ4v) is 3.13. The molecule has 118 valence electrons. The van der Waals surface area contributed by atoms with Gasteiger partial charge < -0.3 is 9.64 Å². The number of carbonyl (C=O) groups is 2. The number of likely N-dealkylation sites (tertiary alicyclic amines) is 1. The standard InChI is InChI=1S/C19H19NO3/c1-23-19(22)16-12-17(21)20(13-16)18(14-8-4-2-5-9-14)15-10-6-3-7-11-15/h2-11,16,18H,12-13H2,1H3/t16-/m0/s1. The Morgan fingerprint density at radius 3 is 2.04 bits per heavy atom. The lowest BCUT2D eigenvalue weighted by Gasteiger charge is -2.29. The second-order valence-electron chi connectivity index (χ2n) is 5.69. The Morgan fingerprint density at radius 2 is 1.57 bits per heavy atom. The van der Waals surface area contributed by atoms with Crippen molar-refractivity contribution in [2.24, 2.45) is 5.92 Å². The van der Waals surface area contributed by atoms with Gasteiger partial charge in [-0.1, -0.05) is 60.7 Å². The molecule has 0 N–H and O–H groups in total. The molecule has 2 aromatic carbocycles. The average molecular weight is 309 g/mol. The predicted molar refractivity (Wildman–Crippen MR) is 86.6 cm³/mol. The van der Waals surface area contributed by atoms with Crippen molar-refractivity contribution in [2.75, 3.05) is 13.7 Å². The summed E-state index contributed by atoms with van der Waals surface area (Å²) in [4.78, 5) is 26.1. The molecule has 1 saturated heterocycles. The van der Waals surface area contributed by atoms with Crippen LogP contribution in [-0.4, -0.2) is 30.4 Å². The van der Waals surface area contributed by atoms with Crippen molar-refractivity contribution in [3.63, 3.8) is 0 Å². The molecule has 0 aliphatic carbocycles. The van der Waals surface area contributed by atoms with Crippen molar-refractivity contribution < 1.29 is 14.3 Å². The molecule has 0 radical (unpaired) electrons. The van der Waals surface area contributed by atoms with Gasteiger partial charge in [-0.3, -0.25) is 9.59 Å². The van der Waals surface area contributed by atoms with Gasteiger partial charge in [-0.25, -0.2) is 0 Å². The van der Waals surface area contributed by atoms with Gasteiger partial charge in [0.1, 0.15) is 0 Å². The van der Waals surface area contributed by atoms with Crippen LogP contribution >= 0.6 is 0 Å². The molecule has 3 rings (SSSR count). The first-order valence-electron chi connectivity index (χ1n) is 7.68. The summed E-state index contributed by atoms with van der Waals surface area (Å²) in [5.74, 6) is -0.721. The summed E-state index contributed by atoms with van der Waals surface area (Å²) in [7, 11) is 1.36. The number of hydrogen-bond acceptors (Lipinski definition) is 3. The van der Waals surface area contributed by atoms with Crippen molar-refractivity contribution >= 4 is 11.9 Å². The van der Waals surface area contributed by atoms with Crippen LogP contribution in [0.4, 0.5) is 0 Å². The molecule has 4 heteroatoms. The van der Waals surface area contributed by atoms with Crippen LogP contribution < -0.4 is 0 Å². The minimum atomic E-state index is -0.387. The molecule has 1 heterocycles. The smallest absolute Gasteiger partial charge is 0.310 e. The van der Waals surface area contributed by atoms with Crippen LogP contribution in [0.1, 0.15) is 23.6 Å². The third-order valence-corrected chi connectivity index (χ3v) is 4.24. The van der Waals surface area contributed by atoms with Gasteiger partial charge in [0.2, 0.25) is 5.91 Å². The van der Waals surface area contributed by atoms with Gasteiger partial charge in [0.05, 0.1) is 19.1 Å². The molecule has 1 amide bonds. The predicted octanol–water partition coefficient (Wildman–Crippen LogP) is 2.80. The SMILES string of the molecule is COC(=O)[C@H]1CC(=O)N(C(c2ccccc2)c2ccccc2)C1. The van der Waals surface area contributed by atoms with Gasteiger partial charge >= 0.3 is 5.97 Å². The van der Waals surface area contributed by atoms with Crippen LogP contribution in [0.2, 0.25) is 0 Å². The van der Waals surface area contributed by atoms with Gasteiger partial charge in [-0.2, -0.15) is 0 Å². The maximum absolute atomic E-state index is 12.5. The number of benzene rings is 2. The molecule has 23 heavy (non-hydrogen) atoms. The molecular weight excluding hydrogens is 290 g/mol. The van der Waals surface area contributed by atoms with Crippen molar-refractivity contribution in [1.82, 2.24) is 4.90 Å². The summed E-state index contributed by atoms with van der Waals surface area (Å²) in [6.07, 6.45) is 0.211. The molecule has 0 saturated carbocycles. The molecule has 1 fully saturated rings. The maximum Gasteiger partial charge on any atom is 0.310 e. The van der Waals surface area contributed by atoms with E-state index in [4.69, 9.17) is 4.74 Å². The Hall–Kier alpha value is -2.62. The number of ether oxygens (including phenoxy) is 1. The van der Waals surface area contributed by atoms with Crippen LogP contribution in [0.5, 0.6) is 0 Å². The number of carbonyl (C=O) groups excluding carboxylic acids is 2.